The molecule has 2 rings (SSSR count). The largest absolute Gasteiger partial charge is 0.312 e. The Hall–Kier alpha value is -0.640. The molecule has 3 nitrogen and oxygen atoms in total. The van der Waals surface area contributed by atoms with Gasteiger partial charge in [0.1, 0.15) is 0 Å². The van der Waals surface area contributed by atoms with Crippen molar-refractivity contribution in [3.8, 4) is 0 Å². The number of aromatic nitrogens is 2. The first-order chi connectivity index (χ1) is 7.26. The minimum absolute atomic E-state index is 0.00438. The van der Waals surface area contributed by atoms with Gasteiger partial charge in [0.05, 0.1) is 6.20 Å². The summed E-state index contributed by atoms with van der Waals surface area (Å²) in [6.45, 7) is 0.819. The van der Waals surface area contributed by atoms with Crippen molar-refractivity contribution in [3.63, 3.8) is 0 Å². The topological polar surface area (TPSA) is 34.9 Å². The summed E-state index contributed by atoms with van der Waals surface area (Å²) in [5.74, 6) is 0. The zero-order valence-corrected chi connectivity index (χ0v) is 10.2. The van der Waals surface area contributed by atoms with Gasteiger partial charge >= 0.3 is 0 Å². The van der Waals surface area contributed by atoms with Crippen LogP contribution in [-0.4, -0.2) is 14.9 Å². The van der Waals surface area contributed by atoms with Crippen molar-refractivity contribution in [2.24, 2.45) is 5.41 Å². The van der Waals surface area contributed by atoms with Crippen LogP contribution < -0.4 is 5.56 Å². The maximum Gasteiger partial charge on any atom is 0.269 e. The van der Waals surface area contributed by atoms with E-state index < -0.39 is 0 Å². The van der Waals surface area contributed by atoms with E-state index in [1.807, 2.05) is 0 Å². The molecule has 1 aromatic heterocycles. The zero-order chi connectivity index (χ0) is 10.7. The Morgan fingerprint density at radius 3 is 2.80 bits per heavy atom. The molecular weight excluding hydrogens is 256 g/mol. The monoisotopic (exact) mass is 270 g/mol. The summed E-state index contributed by atoms with van der Waals surface area (Å²) < 4.78 is 1.78. The van der Waals surface area contributed by atoms with Crippen LogP contribution in [0.15, 0.2) is 23.4 Å². The molecule has 0 saturated heterocycles. The van der Waals surface area contributed by atoms with Crippen LogP contribution >= 0.6 is 15.9 Å². The summed E-state index contributed by atoms with van der Waals surface area (Å²) in [5, 5.41) is 0.981. The third-order valence-corrected chi connectivity index (χ3v) is 4.44. The second-order valence-electron chi connectivity index (χ2n) is 4.38. The molecule has 0 amide bonds. The Morgan fingerprint density at radius 1 is 1.47 bits per heavy atom. The van der Waals surface area contributed by atoms with Crippen LogP contribution in [-0.2, 0) is 6.54 Å². The summed E-state index contributed by atoms with van der Waals surface area (Å²) >= 11 is 3.58. The Balaban J connectivity index is 2.20. The molecule has 82 valence electrons. The number of hydrogen-bond donors (Lipinski definition) is 0. The predicted octanol–water partition coefficient (Wildman–Crippen LogP) is 2.20. The fourth-order valence-electron chi connectivity index (χ4n) is 2.32. The van der Waals surface area contributed by atoms with Crippen molar-refractivity contribution in [1.82, 2.24) is 9.55 Å². The minimum Gasteiger partial charge on any atom is -0.312 e. The Bertz CT molecular complexity index is 382. The number of alkyl halides is 1. The number of halogens is 1. The summed E-state index contributed by atoms with van der Waals surface area (Å²) in [7, 11) is 0. The Morgan fingerprint density at radius 2 is 2.20 bits per heavy atom. The molecule has 1 aromatic rings. The number of nitrogens with zero attached hydrogens (tertiary/aromatic N) is 2. The molecule has 0 aliphatic heterocycles. The van der Waals surface area contributed by atoms with Gasteiger partial charge in [-0.05, 0) is 18.3 Å². The van der Waals surface area contributed by atoms with Gasteiger partial charge in [0.2, 0.25) is 0 Å². The predicted molar refractivity (Wildman–Crippen MR) is 63.2 cm³/mol. The van der Waals surface area contributed by atoms with Gasteiger partial charge in [-0.25, -0.2) is 0 Å². The first-order valence-corrected chi connectivity index (χ1v) is 6.44. The van der Waals surface area contributed by atoms with E-state index in [0.717, 1.165) is 11.9 Å². The lowest BCUT2D eigenvalue weighted by molar-refractivity contribution is 0.287. The highest BCUT2D eigenvalue weighted by Gasteiger charge is 2.33. The molecular formula is C11H15BrN2O. The normalized spacial score (nSPS) is 19.3. The maximum absolute atomic E-state index is 11.6. The first kappa shape index (κ1) is 10.9. The SMILES string of the molecule is O=c1cnccn1CC1(CBr)CCCC1. The van der Waals surface area contributed by atoms with E-state index in [2.05, 4.69) is 20.9 Å². The molecule has 1 heterocycles. The fraction of sp³-hybridized carbons (Fsp3) is 0.636. The second kappa shape index (κ2) is 4.47. The third kappa shape index (κ3) is 2.30. The average molecular weight is 271 g/mol. The van der Waals surface area contributed by atoms with Crippen LogP contribution in [0, 0.1) is 5.41 Å². The van der Waals surface area contributed by atoms with E-state index in [9.17, 15) is 4.79 Å². The van der Waals surface area contributed by atoms with E-state index >= 15 is 0 Å². The van der Waals surface area contributed by atoms with Crippen LogP contribution in [0.4, 0.5) is 0 Å². The molecule has 0 bridgehead atoms. The molecule has 0 atom stereocenters. The molecule has 0 radical (unpaired) electrons. The maximum atomic E-state index is 11.6. The van der Waals surface area contributed by atoms with Crippen LogP contribution in [0.2, 0.25) is 0 Å². The molecule has 1 fully saturated rings. The van der Waals surface area contributed by atoms with Crippen molar-refractivity contribution in [2.45, 2.75) is 32.2 Å². The van der Waals surface area contributed by atoms with E-state index in [4.69, 9.17) is 0 Å². The second-order valence-corrected chi connectivity index (χ2v) is 4.94. The molecule has 0 N–H and O–H groups in total. The highest BCUT2D eigenvalue weighted by atomic mass is 79.9. The molecule has 0 aromatic carbocycles. The smallest absolute Gasteiger partial charge is 0.269 e. The quantitative estimate of drug-likeness (QED) is 0.790. The standard InChI is InChI=1S/C11H15BrN2O/c12-8-11(3-1-2-4-11)9-14-6-5-13-7-10(14)15/h5-7H,1-4,8-9H2. The van der Waals surface area contributed by atoms with E-state index in [1.54, 1.807) is 17.0 Å². The molecule has 4 heteroatoms. The van der Waals surface area contributed by atoms with Crippen molar-refractivity contribution in [2.75, 3.05) is 5.33 Å². The van der Waals surface area contributed by atoms with Gasteiger partial charge in [0.15, 0.2) is 0 Å². The van der Waals surface area contributed by atoms with Gasteiger partial charge in [-0.2, -0.15) is 0 Å². The van der Waals surface area contributed by atoms with Crippen LogP contribution in [0.5, 0.6) is 0 Å². The van der Waals surface area contributed by atoms with Crippen molar-refractivity contribution < 1.29 is 0 Å². The molecule has 15 heavy (non-hydrogen) atoms. The Labute approximate surface area is 97.7 Å². The van der Waals surface area contributed by atoms with Crippen LogP contribution in [0.25, 0.3) is 0 Å². The molecule has 0 unspecified atom stereocenters. The first-order valence-electron chi connectivity index (χ1n) is 5.32. The molecule has 1 aliphatic rings. The minimum atomic E-state index is 0.00438. The highest BCUT2D eigenvalue weighted by molar-refractivity contribution is 9.09. The van der Waals surface area contributed by atoms with Crippen molar-refractivity contribution >= 4 is 15.9 Å². The van der Waals surface area contributed by atoms with Crippen LogP contribution in [0.3, 0.4) is 0 Å². The summed E-state index contributed by atoms with van der Waals surface area (Å²) in [4.78, 5) is 15.4. The van der Waals surface area contributed by atoms with Gasteiger partial charge in [-0.3, -0.25) is 9.78 Å². The lowest BCUT2D eigenvalue weighted by atomic mass is 9.89. The number of rotatable bonds is 3. The summed E-state index contributed by atoms with van der Waals surface area (Å²) in [5.41, 5.74) is 0.287. The average Bonchev–Trinajstić information content (AvgIpc) is 2.71. The van der Waals surface area contributed by atoms with Crippen molar-refractivity contribution in [1.29, 1.82) is 0 Å². The van der Waals surface area contributed by atoms with Gasteiger partial charge < -0.3 is 4.57 Å². The van der Waals surface area contributed by atoms with E-state index in [0.29, 0.717) is 0 Å². The van der Waals surface area contributed by atoms with Gasteiger partial charge in [0.25, 0.3) is 5.56 Å². The molecule has 1 aliphatic carbocycles. The third-order valence-electron chi connectivity index (χ3n) is 3.25. The van der Waals surface area contributed by atoms with Gasteiger partial charge in [-0.1, -0.05) is 28.8 Å². The lowest BCUT2D eigenvalue weighted by Gasteiger charge is -2.27. The van der Waals surface area contributed by atoms with E-state index in [-0.39, 0.29) is 11.0 Å². The zero-order valence-electron chi connectivity index (χ0n) is 8.66. The highest BCUT2D eigenvalue weighted by Crippen LogP contribution is 2.40. The molecule has 0 spiro atoms. The summed E-state index contributed by atoms with van der Waals surface area (Å²) in [6, 6.07) is 0. The molecule has 1 saturated carbocycles. The number of hydrogen-bond acceptors (Lipinski definition) is 2. The lowest BCUT2D eigenvalue weighted by Crippen LogP contribution is -2.31. The van der Waals surface area contributed by atoms with Gasteiger partial charge in [0, 0.05) is 24.3 Å². The fourth-order valence-corrected chi connectivity index (χ4v) is 3.06. The van der Waals surface area contributed by atoms with Crippen molar-refractivity contribution in [3.05, 3.63) is 28.9 Å². The van der Waals surface area contributed by atoms with E-state index in [1.165, 1.54) is 31.9 Å². The summed E-state index contributed by atoms with van der Waals surface area (Å²) in [6.07, 6.45) is 9.84. The Kier molecular flexibility index (Phi) is 3.24. The van der Waals surface area contributed by atoms with Crippen LogP contribution in [0.1, 0.15) is 25.7 Å². The van der Waals surface area contributed by atoms with Gasteiger partial charge in [-0.15, -0.1) is 0 Å².